The van der Waals surface area contributed by atoms with Crippen LogP contribution >= 0.6 is 11.6 Å². The number of nitriles is 1. The number of likely N-dealkylation sites (tertiary alicyclic amines) is 1. The third-order valence-electron chi connectivity index (χ3n) is 6.96. The highest BCUT2D eigenvalue weighted by molar-refractivity contribution is 6.33. The Morgan fingerprint density at radius 2 is 2.03 bits per heavy atom. The van der Waals surface area contributed by atoms with Crippen molar-refractivity contribution in [2.24, 2.45) is 5.41 Å². The van der Waals surface area contributed by atoms with Crippen LogP contribution in [0.15, 0.2) is 18.2 Å². The Bertz CT molecular complexity index is 1230. The number of amides is 1. The number of carbonyl (C=O) groups excluding carboxylic acids is 1. The molecule has 0 unspecified atom stereocenters. The van der Waals surface area contributed by atoms with E-state index in [0.717, 1.165) is 41.9 Å². The Kier molecular flexibility index (Phi) is 5.81. The minimum Gasteiger partial charge on any atom is -0.497 e. The zero-order valence-corrected chi connectivity index (χ0v) is 21.3. The molecular weight excluding hydrogens is 466 g/mol. The standard InChI is InChI=1S/C26H30ClN5O3/c1-25(2,3)35-24(33)32-14-26(15-32)7-8-31(13-26)23-18(10-28)22(19-11-29-12-21(19)30-23)17-9-16(34-4)5-6-20(17)27/h5-6,9,29H,7-8,11-15H2,1-4H3. The van der Waals surface area contributed by atoms with Crippen molar-refractivity contribution in [3.8, 4) is 22.9 Å². The summed E-state index contributed by atoms with van der Waals surface area (Å²) in [6.07, 6.45) is 0.666. The van der Waals surface area contributed by atoms with Crippen LogP contribution in [0, 0.1) is 16.7 Å². The summed E-state index contributed by atoms with van der Waals surface area (Å²) in [6, 6.07) is 7.94. The molecule has 1 aromatic carbocycles. The third kappa shape index (κ3) is 4.28. The van der Waals surface area contributed by atoms with Crippen LogP contribution in [0.2, 0.25) is 5.02 Å². The highest BCUT2D eigenvalue weighted by Gasteiger charge is 2.51. The van der Waals surface area contributed by atoms with Gasteiger partial charge in [0.25, 0.3) is 0 Å². The molecule has 2 fully saturated rings. The minimum absolute atomic E-state index is 0.00362. The Balaban J connectivity index is 1.46. The molecule has 0 saturated carbocycles. The van der Waals surface area contributed by atoms with Crippen molar-refractivity contribution >= 4 is 23.5 Å². The van der Waals surface area contributed by atoms with Gasteiger partial charge in [0.15, 0.2) is 0 Å². The first-order valence-corrected chi connectivity index (χ1v) is 12.2. The molecule has 184 valence electrons. The summed E-state index contributed by atoms with van der Waals surface area (Å²) < 4.78 is 11.0. The van der Waals surface area contributed by atoms with E-state index in [1.165, 1.54) is 0 Å². The summed E-state index contributed by atoms with van der Waals surface area (Å²) in [6.45, 7) is 9.74. The molecule has 8 nitrogen and oxygen atoms in total. The zero-order valence-electron chi connectivity index (χ0n) is 20.6. The normalized spacial score (nSPS) is 18.3. The number of halogens is 1. The Morgan fingerprint density at radius 1 is 1.26 bits per heavy atom. The van der Waals surface area contributed by atoms with E-state index in [2.05, 4.69) is 16.3 Å². The predicted molar refractivity (Wildman–Crippen MR) is 134 cm³/mol. The van der Waals surface area contributed by atoms with Crippen LogP contribution in [0.3, 0.4) is 0 Å². The molecule has 0 atom stereocenters. The second-order valence-electron chi connectivity index (χ2n) is 10.7. The van der Waals surface area contributed by atoms with Crippen LogP contribution in [0.5, 0.6) is 5.75 Å². The molecule has 3 aliphatic rings. The van der Waals surface area contributed by atoms with Gasteiger partial charge in [0.2, 0.25) is 0 Å². The largest absolute Gasteiger partial charge is 0.497 e. The lowest BCUT2D eigenvalue weighted by atomic mass is 9.79. The van der Waals surface area contributed by atoms with E-state index in [0.29, 0.717) is 48.3 Å². The Hall–Kier alpha value is -3.02. The van der Waals surface area contributed by atoms with Crippen LogP contribution < -0.4 is 15.0 Å². The first-order chi connectivity index (χ1) is 16.6. The molecule has 1 amide bonds. The van der Waals surface area contributed by atoms with Crippen LogP contribution in [-0.2, 0) is 17.8 Å². The van der Waals surface area contributed by atoms with Crippen LogP contribution in [0.25, 0.3) is 11.1 Å². The molecule has 1 aromatic heterocycles. The van der Waals surface area contributed by atoms with Crippen LogP contribution in [0.1, 0.15) is 44.0 Å². The maximum absolute atomic E-state index is 12.5. The summed E-state index contributed by atoms with van der Waals surface area (Å²) in [7, 11) is 1.62. The Labute approximate surface area is 210 Å². The number of nitrogens with zero attached hydrogens (tertiary/aromatic N) is 4. The van der Waals surface area contributed by atoms with E-state index in [9.17, 15) is 10.1 Å². The summed E-state index contributed by atoms with van der Waals surface area (Å²) in [5, 5.41) is 14.2. The first-order valence-electron chi connectivity index (χ1n) is 11.9. The van der Waals surface area contributed by atoms with Gasteiger partial charge in [-0.3, -0.25) is 0 Å². The highest BCUT2D eigenvalue weighted by atomic mass is 35.5. The molecule has 4 heterocycles. The number of nitrogens with one attached hydrogen (secondary N) is 1. The van der Waals surface area contributed by atoms with Crippen molar-refractivity contribution in [3.05, 3.63) is 40.0 Å². The van der Waals surface area contributed by atoms with Gasteiger partial charge in [-0.1, -0.05) is 11.6 Å². The lowest BCUT2D eigenvalue weighted by Gasteiger charge is -2.47. The minimum atomic E-state index is -0.511. The fraction of sp³-hybridized carbons (Fsp3) is 0.500. The molecule has 5 rings (SSSR count). The topological polar surface area (TPSA) is 90.7 Å². The van der Waals surface area contributed by atoms with Gasteiger partial charge in [0.1, 0.15) is 28.8 Å². The van der Waals surface area contributed by atoms with Crippen molar-refractivity contribution in [3.63, 3.8) is 0 Å². The Morgan fingerprint density at radius 3 is 2.71 bits per heavy atom. The molecule has 1 N–H and O–H groups in total. The van der Waals surface area contributed by atoms with Gasteiger partial charge in [0, 0.05) is 60.8 Å². The van der Waals surface area contributed by atoms with Crippen molar-refractivity contribution in [2.75, 3.05) is 38.2 Å². The number of hydrogen-bond acceptors (Lipinski definition) is 7. The second-order valence-corrected chi connectivity index (χ2v) is 11.1. The summed E-state index contributed by atoms with van der Waals surface area (Å²) in [5.74, 6) is 1.37. The summed E-state index contributed by atoms with van der Waals surface area (Å²) in [4.78, 5) is 21.4. The maximum Gasteiger partial charge on any atom is 0.410 e. The molecule has 0 aliphatic carbocycles. The quantitative estimate of drug-likeness (QED) is 0.677. The number of anilines is 1. The smallest absolute Gasteiger partial charge is 0.410 e. The molecule has 0 radical (unpaired) electrons. The monoisotopic (exact) mass is 495 g/mol. The first kappa shape index (κ1) is 23.7. The number of fused-ring (bicyclic) bond motifs is 1. The summed E-state index contributed by atoms with van der Waals surface area (Å²) >= 11 is 6.63. The number of rotatable bonds is 3. The molecule has 0 bridgehead atoms. The molecule has 3 aliphatic heterocycles. The van der Waals surface area contributed by atoms with Gasteiger partial charge in [-0.05, 0) is 51.0 Å². The summed E-state index contributed by atoms with van der Waals surface area (Å²) in [5.41, 5.74) is 3.57. The van der Waals surface area contributed by atoms with Gasteiger partial charge in [-0.2, -0.15) is 5.26 Å². The second kappa shape index (κ2) is 8.58. The average molecular weight is 496 g/mol. The van der Waals surface area contributed by atoms with Gasteiger partial charge in [-0.25, -0.2) is 9.78 Å². The lowest BCUT2D eigenvalue weighted by Crippen LogP contribution is -2.60. The van der Waals surface area contributed by atoms with Gasteiger partial charge in [0.05, 0.1) is 12.8 Å². The van der Waals surface area contributed by atoms with E-state index in [1.54, 1.807) is 18.1 Å². The van der Waals surface area contributed by atoms with Crippen molar-refractivity contribution in [1.82, 2.24) is 15.2 Å². The number of carbonyl (C=O) groups is 1. The SMILES string of the molecule is COc1ccc(Cl)c(-c2c(C#N)c(N3CCC4(CN(C(=O)OC(C)(C)C)C4)C3)nc3c2CNC3)c1. The van der Waals surface area contributed by atoms with E-state index in [4.69, 9.17) is 26.1 Å². The van der Waals surface area contributed by atoms with Crippen LogP contribution in [-0.4, -0.2) is 54.9 Å². The van der Waals surface area contributed by atoms with E-state index < -0.39 is 5.60 Å². The molecule has 1 spiro atoms. The van der Waals surface area contributed by atoms with Gasteiger partial charge in [-0.15, -0.1) is 0 Å². The fourth-order valence-electron chi connectivity index (χ4n) is 5.35. The zero-order chi connectivity index (χ0) is 25.0. The molecule has 2 saturated heterocycles. The number of aromatic nitrogens is 1. The number of pyridine rings is 1. The van der Waals surface area contributed by atoms with Gasteiger partial charge >= 0.3 is 6.09 Å². The average Bonchev–Trinajstić information content (AvgIpc) is 3.43. The highest BCUT2D eigenvalue weighted by Crippen LogP contribution is 2.45. The van der Waals surface area contributed by atoms with Gasteiger partial charge < -0.3 is 24.6 Å². The maximum atomic E-state index is 12.5. The van der Waals surface area contributed by atoms with Crippen molar-refractivity contribution in [2.45, 2.75) is 45.9 Å². The number of hydrogen-bond donors (Lipinski definition) is 1. The third-order valence-corrected chi connectivity index (χ3v) is 7.29. The fourth-order valence-corrected chi connectivity index (χ4v) is 5.56. The van der Waals surface area contributed by atoms with E-state index in [-0.39, 0.29) is 11.5 Å². The lowest BCUT2D eigenvalue weighted by molar-refractivity contribution is -0.0266. The molecular formula is C26H30ClN5O3. The molecule has 35 heavy (non-hydrogen) atoms. The van der Waals surface area contributed by atoms with E-state index in [1.807, 2.05) is 32.9 Å². The molecule has 9 heteroatoms. The molecule has 2 aromatic rings. The van der Waals surface area contributed by atoms with Crippen molar-refractivity contribution < 1.29 is 14.3 Å². The number of benzene rings is 1. The number of methoxy groups -OCH3 is 1. The number of ether oxygens (including phenoxy) is 2. The predicted octanol–water partition coefficient (Wildman–Crippen LogP) is 4.33. The van der Waals surface area contributed by atoms with Crippen LogP contribution in [0.4, 0.5) is 10.6 Å². The van der Waals surface area contributed by atoms with E-state index >= 15 is 0 Å². The van der Waals surface area contributed by atoms with Crippen molar-refractivity contribution in [1.29, 1.82) is 5.26 Å².